The molecular weight excluding hydrogens is 316 g/mol. The molecule has 0 saturated heterocycles. The van der Waals surface area contributed by atoms with Crippen LogP contribution in [0.5, 0.6) is 5.75 Å². The maximum absolute atomic E-state index is 5.77. The van der Waals surface area contributed by atoms with Gasteiger partial charge in [-0.05, 0) is 53.2 Å². The lowest BCUT2D eigenvalue weighted by atomic mass is 10.3. The first-order valence-electron chi connectivity index (χ1n) is 6.82. The number of benzene rings is 1. The first-order valence-corrected chi connectivity index (χ1v) is 7.61. The minimum atomic E-state index is 0.476. The minimum Gasteiger partial charge on any atom is -0.486 e. The number of hydrogen-bond acceptors (Lipinski definition) is 3. The summed E-state index contributed by atoms with van der Waals surface area (Å²) < 4.78 is 6.73. The number of aromatic nitrogens is 1. The molecule has 0 spiro atoms. The standard InChI is InChI=1S/C16H19BrN2O/c1-2-10-18-11-13-6-5-7-14(19-13)12-20-16-9-4-3-8-15(16)17/h3-9,18H,2,10-12H2,1H3. The fourth-order valence-electron chi connectivity index (χ4n) is 1.81. The van der Waals surface area contributed by atoms with Gasteiger partial charge in [-0.2, -0.15) is 0 Å². The van der Waals surface area contributed by atoms with Gasteiger partial charge in [0.1, 0.15) is 12.4 Å². The fraction of sp³-hybridized carbons (Fsp3) is 0.312. The van der Waals surface area contributed by atoms with Crippen molar-refractivity contribution in [3.63, 3.8) is 0 Å². The smallest absolute Gasteiger partial charge is 0.134 e. The molecule has 0 atom stereocenters. The SMILES string of the molecule is CCCNCc1cccc(COc2ccccc2Br)n1. The first-order chi connectivity index (χ1) is 9.79. The van der Waals surface area contributed by atoms with Crippen molar-refractivity contribution in [2.45, 2.75) is 26.5 Å². The Morgan fingerprint density at radius 1 is 1.10 bits per heavy atom. The van der Waals surface area contributed by atoms with Crippen LogP contribution in [0.2, 0.25) is 0 Å². The second-order valence-electron chi connectivity index (χ2n) is 4.52. The van der Waals surface area contributed by atoms with Crippen LogP contribution in [0.15, 0.2) is 46.9 Å². The van der Waals surface area contributed by atoms with Crippen LogP contribution in [-0.4, -0.2) is 11.5 Å². The molecule has 106 valence electrons. The average molecular weight is 335 g/mol. The van der Waals surface area contributed by atoms with Gasteiger partial charge in [0.2, 0.25) is 0 Å². The van der Waals surface area contributed by atoms with Gasteiger partial charge in [0.15, 0.2) is 0 Å². The zero-order valence-electron chi connectivity index (χ0n) is 11.6. The predicted molar refractivity (Wildman–Crippen MR) is 84.7 cm³/mol. The molecule has 0 fully saturated rings. The summed E-state index contributed by atoms with van der Waals surface area (Å²) in [5.41, 5.74) is 1.99. The molecule has 2 aromatic rings. The zero-order valence-corrected chi connectivity index (χ0v) is 13.2. The average Bonchev–Trinajstić information content (AvgIpc) is 2.47. The van der Waals surface area contributed by atoms with Crippen molar-refractivity contribution in [3.05, 3.63) is 58.3 Å². The maximum atomic E-state index is 5.77. The van der Waals surface area contributed by atoms with Crippen LogP contribution in [0.25, 0.3) is 0 Å². The third kappa shape index (κ3) is 4.62. The summed E-state index contributed by atoms with van der Waals surface area (Å²) in [6.45, 7) is 4.45. The van der Waals surface area contributed by atoms with Crippen molar-refractivity contribution in [2.75, 3.05) is 6.54 Å². The number of ether oxygens (including phenoxy) is 1. The lowest BCUT2D eigenvalue weighted by Gasteiger charge is -2.09. The Labute approximate surface area is 128 Å². The van der Waals surface area contributed by atoms with Gasteiger partial charge in [-0.15, -0.1) is 0 Å². The summed E-state index contributed by atoms with van der Waals surface area (Å²) in [6.07, 6.45) is 1.13. The molecule has 1 N–H and O–H groups in total. The summed E-state index contributed by atoms with van der Waals surface area (Å²) in [6, 6.07) is 13.9. The number of para-hydroxylation sites is 1. The Balaban J connectivity index is 1.93. The number of halogens is 1. The predicted octanol–water partition coefficient (Wildman–Crippen LogP) is 3.92. The van der Waals surface area contributed by atoms with Gasteiger partial charge >= 0.3 is 0 Å². The molecule has 1 aromatic heterocycles. The van der Waals surface area contributed by atoms with E-state index in [0.29, 0.717) is 6.61 Å². The van der Waals surface area contributed by atoms with Crippen molar-refractivity contribution in [3.8, 4) is 5.75 Å². The second kappa shape index (κ2) is 8.02. The molecule has 0 saturated carbocycles. The van der Waals surface area contributed by atoms with Crippen LogP contribution >= 0.6 is 15.9 Å². The quantitative estimate of drug-likeness (QED) is 0.779. The van der Waals surface area contributed by atoms with E-state index in [4.69, 9.17) is 4.74 Å². The van der Waals surface area contributed by atoms with Gasteiger partial charge in [0.25, 0.3) is 0 Å². The first kappa shape index (κ1) is 15.0. The molecule has 0 amide bonds. The van der Waals surface area contributed by atoms with Gasteiger partial charge < -0.3 is 10.1 Å². The number of rotatable bonds is 7. The topological polar surface area (TPSA) is 34.1 Å². The molecule has 3 nitrogen and oxygen atoms in total. The van der Waals surface area contributed by atoms with Crippen LogP contribution in [-0.2, 0) is 13.2 Å². The summed E-state index contributed by atoms with van der Waals surface area (Å²) in [5, 5.41) is 3.35. The molecule has 20 heavy (non-hydrogen) atoms. The van der Waals surface area contributed by atoms with Crippen LogP contribution in [0.4, 0.5) is 0 Å². The van der Waals surface area contributed by atoms with Crippen LogP contribution in [0, 0.1) is 0 Å². The highest BCUT2D eigenvalue weighted by Crippen LogP contribution is 2.24. The molecule has 1 aromatic carbocycles. The van der Waals surface area contributed by atoms with E-state index >= 15 is 0 Å². The fourth-order valence-corrected chi connectivity index (χ4v) is 2.21. The van der Waals surface area contributed by atoms with Crippen LogP contribution in [0.3, 0.4) is 0 Å². The monoisotopic (exact) mass is 334 g/mol. The third-order valence-electron chi connectivity index (χ3n) is 2.81. The highest BCUT2D eigenvalue weighted by atomic mass is 79.9. The summed E-state index contributed by atoms with van der Waals surface area (Å²) in [4.78, 5) is 4.59. The van der Waals surface area contributed by atoms with E-state index in [-0.39, 0.29) is 0 Å². The number of nitrogens with one attached hydrogen (secondary N) is 1. The van der Waals surface area contributed by atoms with E-state index in [2.05, 4.69) is 33.2 Å². The number of hydrogen-bond donors (Lipinski definition) is 1. The Kier molecular flexibility index (Phi) is 6.02. The van der Waals surface area contributed by atoms with Gasteiger partial charge in [-0.1, -0.05) is 25.1 Å². The van der Waals surface area contributed by atoms with E-state index in [1.54, 1.807) is 0 Å². The third-order valence-corrected chi connectivity index (χ3v) is 3.46. The molecule has 0 aliphatic carbocycles. The lowest BCUT2D eigenvalue weighted by molar-refractivity contribution is 0.299. The molecule has 4 heteroatoms. The molecule has 1 heterocycles. The molecule has 0 aliphatic heterocycles. The lowest BCUT2D eigenvalue weighted by Crippen LogP contribution is -2.15. The minimum absolute atomic E-state index is 0.476. The zero-order chi connectivity index (χ0) is 14.2. The van der Waals surface area contributed by atoms with Gasteiger partial charge in [0.05, 0.1) is 15.9 Å². The second-order valence-corrected chi connectivity index (χ2v) is 5.37. The van der Waals surface area contributed by atoms with E-state index in [1.165, 1.54) is 0 Å². The van der Waals surface area contributed by atoms with Crippen molar-refractivity contribution in [2.24, 2.45) is 0 Å². The Bertz CT molecular complexity index is 546. The van der Waals surface area contributed by atoms with Gasteiger partial charge in [-0.25, -0.2) is 0 Å². The Morgan fingerprint density at radius 2 is 1.90 bits per heavy atom. The van der Waals surface area contributed by atoms with Crippen molar-refractivity contribution in [1.82, 2.24) is 10.3 Å². The molecule has 0 radical (unpaired) electrons. The van der Waals surface area contributed by atoms with Crippen LogP contribution in [0.1, 0.15) is 24.7 Å². The van der Waals surface area contributed by atoms with Gasteiger partial charge in [-0.3, -0.25) is 4.98 Å². The summed E-state index contributed by atoms with van der Waals surface area (Å²) in [7, 11) is 0. The molecule has 0 aliphatic rings. The highest BCUT2D eigenvalue weighted by molar-refractivity contribution is 9.10. The van der Waals surface area contributed by atoms with E-state index in [1.807, 2.05) is 42.5 Å². The van der Waals surface area contributed by atoms with E-state index < -0.39 is 0 Å². The maximum Gasteiger partial charge on any atom is 0.134 e. The highest BCUT2D eigenvalue weighted by Gasteiger charge is 2.02. The summed E-state index contributed by atoms with van der Waals surface area (Å²) in [5.74, 6) is 0.837. The Hall–Kier alpha value is -1.39. The number of pyridine rings is 1. The van der Waals surface area contributed by atoms with E-state index in [9.17, 15) is 0 Å². The molecule has 0 unspecified atom stereocenters. The molecule has 0 bridgehead atoms. The molecule has 2 rings (SSSR count). The molecular formula is C16H19BrN2O. The number of nitrogens with zero attached hydrogens (tertiary/aromatic N) is 1. The van der Waals surface area contributed by atoms with Crippen LogP contribution < -0.4 is 10.1 Å². The van der Waals surface area contributed by atoms with Crippen molar-refractivity contribution in [1.29, 1.82) is 0 Å². The van der Waals surface area contributed by atoms with E-state index in [0.717, 1.165) is 41.1 Å². The normalized spacial score (nSPS) is 10.5. The summed E-state index contributed by atoms with van der Waals surface area (Å²) >= 11 is 3.47. The largest absolute Gasteiger partial charge is 0.486 e. The van der Waals surface area contributed by atoms with Gasteiger partial charge in [0, 0.05) is 6.54 Å². The van der Waals surface area contributed by atoms with Crippen molar-refractivity contribution >= 4 is 15.9 Å². The van der Waals surface area contributed by atoms with Crippen molar-refractivity contribution < 1.29 is 4.74 Å². The Morgan fingerprint density at radius 3 is 2.70 bits per heavy atom.